The molecule has 7 nitrogen and oxygen atoms in total. The average Bonchev–Trinajstić information content (AvgIpc) is 2.58. The van der Waals surface area contributed by atoms with Gasteiger partial charge in [-0.05, 0) is 42.0 Å². The smallest absolute Gasteiger partial charge is 0.319 e. The molecule has 0 saturated carbocycles. The molecular weight excluding hydrogens is 342 g/mol. The molecule has 2 aromatic carbocycles. The van der Waals surface area contributed by atoms with Crippen LogP contribution >= 0.6 is 11.6 Å². The van der Waals surface area contributed by atoms with E-state index in [1.807, 2.05) is 6.07 Å². The van der Waals surface area contributed by atoms with Crippen LogP contribution in [-0.2, 0) is 11.3 Å². The highest BCUT2D eigenvalue weighted by Gasteiger charge is 2.06. The molecule has 3 amide bonds. The van der Waals surface area contributed by atoms with Crippen LogP contribution in [0.15, 0.2) is 48.5 Å². The molecule has 0 bridgehead atoms. The number of hydrogen-bond donors (Lipinski definition) is 5. The Morgan fingerprint density at radius 3 is 2.44 bits per heavy atom. The van der Waals surface area contributed by atoms with E-state index in [0.717, 1.165) is 5.56 Å². The van der Waals surface area contributed by atoms with Crippen LogP contribution in [0.25, 0.3) is 0 Å². The molecule has 2 aromatic rings. The number of hydrogen-bond acceptors (Lipinski definition) is 3. The van der Waals surface area contributed by atoms with Crippen molar-refractivity contribution in [2.45, 2.75) is 6.54 Å². The van der Waals surface area contributed by atoms with E-state index in [1.54, 1.807) is 42.5 Å². The Hall–Kier alpha value is -3.06. The van der Waals surface area contributed by atoms with Gasteiger partial charge >= 0.3 is 6.03 Å². The quantitative estimate of drug-likeness (QED) is 0.401. The Kier molecular flexibility index (Phi) is 6.36. The second-order valence-corrected chi connectivity index (χ2v) is 5.64. The summed E-state index contributed by atoms with van der Waals surface area (Å²) >= 11 is 5.87. The van der Waals surface area contributed by atoms with E-state index in [0.29, 0.717) is 22.8 Å². The van der Waals surface area contributed by atoms with Gasteiger partial charge in [0.1, 0.15) is 5.84 Å². The summed E-state index contributed by atoms with van der Waals surface area (Å²) in [6, 6.07) is 13.1. The van der Waals surface area contributed by atoms with E-state index in [1.165, 1.54) is 0 Å². The lowest BCUT2D eigenvalue weighted by atomic mass is 10.2. The van der Waals surface area contributed by atoms with Crippen LogP contribution < -0.4 is 21.7 Å². The molecule has 0 unspecified atom stereocenters. The molecular formula is C17H18ClN5O2. The van der Waals surface area contributed by atoms with E-state index in [9.17, 15) is 9.59 Å². The van der Waals surface area contributed by atoms with Crippen LogP contribution in [-0.4, -0.2) is 24.3 Å². The topological polar surface area (TPSA) is 120 Å². The van der Waals surface area contributed by atoms with Crippen LogP contribution in [0.5, 0.6) is 0 Å². The number of halogens is 1. The van der Waals surface area contributed by atoms with Crippen molar-refractivity contribution in [2.24, 2.45) is 5.73 Å². The minimum absolute atomic E-state index is 0.0487. The Balaban J connectivity index is 1.73. The SMILES string of the molecule is N=C(N)c1ccc(NC(=O)NCC(=O)NCc2cccc(Cl)c2)cc1. The molecule has 0 fully saturated rings. The lowest BCUT2D eigenvalue weighted by Gasteiger charge is -2.09. The third kappa shape index (κ3) is 6.15. The molecule has 25 heavy (non-hydrogen) atoms. The zero-order chi connectivity index (χ0) is 18.2. The predicted octanol–water partition coefficient (Wildman–Crippen LogP) is 2.06. The Labute approximate surface area is 150 Å². The number of anilines is 1. The summed E-state index contributed by atoms with van der Waals surface area (Å²) in [7, 11) is 0. The first-order chi connectivity index (χ1) is 11.9. The first-order valence-electron chi connectivity index (χ1n) is 7.44. The molecule has 8 heteroatoms. The lowest BCUT2D eigenvalue weighted by molar-refractivity contribution is -0.120. The van der Waals surface area contributed by atoms with E-state index in [2.05, 4.69) is 16.0 Å². The fraction of sp³-hybridized carbons (Fsp3) is 0.118. The highest BCUT2D eigenvalue weighted by molar-refractivity contribution is 6.30. The van der Waals surface area contributed by atoms with Crippen molar-refractivity contribution >= 4 is 35.1 Å². The fourth-order valence-corrected chi connectivity index (χ4v) is 2.19. The fourth-order valence-electron chi connectivity index (χ4n) is 1.98. The Morgan fingerprint density at radius 1 is 1.08 bits per heavy atom. The maximum Gasteiger partial charge on any atom is 0.319 e. The van der Waals surface area contributed by atoms with Crippen molar-refractivity contribution in [3.8, 4) is 0 Å². The first-order valence-corrected chi connectivity index (χ1v) is 7.82. The van der Waals surface area contributed by atoms with E-state index >= 15 is 0 Å². The van der Waals surface area contributed by atoms with E-state index < -0.39 is 6.03 Å². The van der Waals surface area contributed by atoms with Crippen LogP contribution in [0, 0.1) is 5.41 Å². The molecule has 0 heterocycles. The van der Waals surface area contributed by atoms with Gasteiger partial charge in [-0.25, -0.2) is 4.79 Å². The number of urea groups is 1. The Bertz CT molecular complexity index is 777. The predicted molar refractivity (Wildman–Crippen MR) is 97.8 cm³/mol. The van der Waals surface area contributed by atoms with Gasteiger partial charge in [0.2, 0.25) is 5.91 Å². The summed E-state index contributed by atoms with van der Waals surface area (Å²) in [6.45, 7) is 0.174. The van der Waals surface area contributed by atoms with Gasteiger partial charge in [-0.1, -0.05) is 23.7 Å². The Morgan fingerprint density at radius 2 is 1.80 bits per heavy atom. The number of nitrogen functional groups attached to an aromatic ring is 1. The molecule has 0 spiro atoms. The molecule has 2 rings (SSSR count). The number of benzene rings is 2. The molecule has 130 valence electrons. The zero-order valence-corrected chi connectivity index (χ0v) is 14.1. The van der Waals surface area contributed by atoms with Gasteiger partial charge in [0, 0.05) is 22.8 Å². The van der Waals surface area contributed by atoms with Gasteiger partial charge in [-0.2, -0.15) is 0 Å². The third-order valence-corrected chi connectivity index (χ3v) is 3.48. The summed E-state index contributed by atoms with van der Waals surface area (Å²) in [5, 5.41) is 15.6. The molecule has 0 aliphatic heterocycles. The molecule has 0 atom stereocenters. The highest BCUT2D eigenvalue weighted by atomic mass is 35.5. The number of carbonyl (C=O) groups is 2. The van der Waals surface area contributed by atoms with Crippen molar-refractivity contribution in [3.05, 3.63) is 64.7 Å². The summed E-state index contributed by atoms with van der Waals surface area (Å²) < 4.78 is 0. The molecule has 6 N–H and O–H groups in total. The lowest BCUT2D eigenvalue weighted by Crippen LogP contribution is -2.38. The van der Waals surface area contributed by atoms with Gasteiger partial charge in [-0.15, -0.1) is 0 Å². The molecule has 0 radical (unpaired) electrons. The molecule has 0 aliphatic carbocycles. The zero-order valence-electron chi connectivity index (χ0n) is 13.3. The summed E-state index contributed by atoms with van der Waals surface area (Å²) in [5.74, 6) is -0.366. The van der Waals surface area contributed by atoms with Crippen molar-refractivity contribution in [2.75, 3.05) is 11.9 Å². The van der Waals surface area contributed by atoms with Crippen molar-refractivity contribution in [3.63, 3.8) is 0 Å². The number of carbonyl (C=O) groups excluding carboxylic acids is 2. The van der Waals surface area contributed by atoms with E-state index in [-0.39, 0.29) is 18.3 Å². The summed E-state index contributed by atoms with van der Waals surface area (Å²) in [6.07, 6.45) is 0. The molecule has 0 aromatic heterocycles. The maximum absolute atomic E-state index is 11.8. The standard InChI is InChI=1S/C17H18ClN5O2/c18-13-3-1-2-11(8-13)9-21-15(24)10-22-17(25)23-14-6-4-12(5-7-14)16(19)20/h1-8H,9-10H2,(H3,19,20)(H,21,24)(H2,22,23,25). The normalized spacial score (nSPS) is 9.96. The van der Waals surface area contributed by atoms with Gasteiger partial charge in [-0.3, -0.25) is 10.2 Å². The van der Waals surface area contributed by atoms with Gasteiger partial charge in [0.05, 0.1) is 6.54 Å². The van der Waals surface area contributed by atoms with Crippen LogP contribution in [0.4, 0.5) is 10.5 Å². The third-order valence-electron chi connectivity index (χ3n) is 3.24. The van der Waals surface area contributed by atoms with Crippen LogP contribution in [0.3, 0.4) is 0 Å². The van der Waals surface area contributed by atoms with Gasteiger partial charge < -0.3 is 21.7 Å². The largest absolute Gasteiger partial charge is 0.384 e. The molecule has 0 aliphatic rings. The minimum atomic E-state index is -0.506. The van der Waals surface area contributed by atoms with Crippen molar-refractivity contribution < 1.29 is 9.59 Å². The first kappa shape index (κ1) is 18.3. The number of amides is 3. The monoisotopic (exact) mass is 359 g/mol. The van der Waals surface area contributed by atoms with Crippen LogP contribution in [0.1, 0.15) is 11.1 Å². The highest BCUT2D eigenvalue weighted by Crippen LogP contribution is 2.10. The van der Waals surface area contributed by atoms with Crippen molar-refractivity contribution in [1.29, 1.82) is 5.41 Å². The maximum atomic E-state index is 11.8. The molecule has 0 saturated heterocycles. The number of nitrogens with one attached hydrogen (secondary N) is 4. The van der Waals surface area contributed by atoms with Gasteiger partial charge in [0.15, 0.2) is 0 Å². The second-order valence-electron chi connectivity index (χ2n) is 5.21. The van der Waals surface area contributed by atoms with Gasteiger partial charge in [0.25, 0.3) is 0 Å². The van der Waals surface area contributed by atoms with E-state index in [4.69, 9.17) is 22.7 Å². The summed E-state index contributed by atoms with van der Waals surface area (Å²) in [5.41, 5.74) is 7.32. The van der Waals surface area contributed by atoms with Crippen molar-refractivity contribution in [1.82, 2.24) is 10.6 Å². The minimum Gasteiger partial charge on any atom is -0.384 e. The van der Waals surface area contributed by atoms with Crippen LogP contribution in [0.2, 0.25) is 5.02 Å². The number of amidine groups is 1. The number of rotatable bonds is 6. The average molecular weight is 360 g/mol. The number of nitrogens with two attached hydrogens (primary N) is 1. The summed E-state index contributed by atoms with van der Waals surface area (Å²) in [4.78, 5) is 23.5. The second kappa shape index (κ2) is 8.70.